The molecule has 3 rings (SSSR count). The highest BCUT2D eigenvalue weighted by Crippen LogP contribution is 2.19. The van der Waals surface area contributed by atoms with Crippen LogP contribution in [0.25, 0.3) is 0 Å². The molecule has 1 N–H and O–H groups in total. The van der Waals surface area contributed by atoms with Crippen molar-refractivity contribution in [1.82, 2.24) is 10.2 Å². The van der Waals surface area contributed by atoms with Crippen LogP contribution in [0, 0.1) is 5.92 Å². The van der Waals surface area contributed by atoms with E-state index in [4.69, 9.17) is 14.5 Å². The number of anilines is 1. The number of rotatable bonds is 5. The van der Waals surface area contributed by atoms with Crippen LogP contribution in [-0.2, 0) is 20.8 Å². The topological polar surface area (TPSA) is 66.4 Å². The van der Waals surface area contributed by atoms with Gasteiger partial charge < -0.3 is 24.6 Å². The zero-order valence-corrected chi connectivity index (χ0v) is 19.8. The number of likely N-dealkylation sites (tertiary alicyclic amines) is 1. The number of esters is 1. The number of carbonyl (C=O) groups is 1. The van der Waals surface area contributed by atoms with Gasteiger partial charge in [0.2, 0.25) is 0 Å². The van der Waals surface area contributed by atoms with Crippen molar-refractivity contribution in [3.8, 4) is 0 Å². The first-order valence-corrected chi connectivity index (χ1v) is 10.2. The molecule has 2 aliphatic heterocycles. The molecule has 0 unspecified atom stereocenters. The van der Waals surface area contributed by atoms with Crippen LogP contribution in [0.2, 0.25) is 0 Å². The molecule has 0 saturated carbocycles. The average molecular weight is 516 g/mol. The summed E-state index contributed by atoms with van der Waals surface area (Å²) in [7, 11) is 1.46. The van der Waals surface area contributed by atoms with Gasteiger partial charge in [-0.15, -0.1) is 24.0 Å². The Morgan fingerprint density at radius 1 is 1.17 bits per heavy atom. The van der Waals surface area contributed by atoms with E-state index in [-0.39, 0.29) is 35.9 Å². The van der Waals surface area contributed by atoms with Crippen molar-refractivity contribution in [3.63, 3.8) is 0 Å². The van der Waals surface area contributed by atoms with Crippen LogP contribution in [0.4, 0.5) is 5.69 Å². The van der Waals surface area contributed by atoms with Gasteiger partial charge in [-0.2, -0.15) is 0 Å². The Labute approximate surface area is 190 Å². The summed E-state index contributed by atoms with van der Waals surface area (Å²) in [5, 5.41) is 3.38. The maximum Gasteiger partial charge on any atom is 0.308 e. The normalized spacial score (nSPS) is 18.2. The predicted molar refractivity (Wildman–Crippen MR) is 126 cm³/mol. The van der Waals surface area contributed by atoms with E-state index in [0.717, 1.165) is 64.7 Å². The summed E-state index contributed by atoms with van der Waals surface area (Å²) in [6.45, 7) is 8.67. The number of hydrogen-bond donors (Lipinski definition) is 1. The third kappa shape index (κ3) is 6.74. The van der Waals surface area contributed by atoms with E-state index in [0.29, 0.717) is 6.54 Å². The van der Waals surface area contributed by atoms with Gasteiger partial charge in [0.1, 0.15) is 0 Å². The molecule has 2 saturated heterocycles. The number of nitrogens with zero attached hydrogens (tertiary/aromatic N) is 3. The Bertz CT molecular complexity index is 654. The molecule has 0 aliphatic carbocycles. The van der Waals surface area contributed by atoms with Crippen LogP contribution in [0.5, 0.6) is 0 Å². The van der Waals surface area contributed by atoms with Gasteiger partial charge in [0.05, 0.1) is 32.8 Å². The molecule has 0 bridgehead atoms. The number of methoxy groups -OCH3 is 1. The number of morpholine rings is 1. The molecule has 1 aromatic rings. The number of nitrogens with one attached hydrogen (secondary N) is 1. The minimum atomic E-state index is -0.0954. The summed E-state index contributed by atoms with van der Waals surface area (Å²) in [5.74, 6) is 0.835. The minimum Gasteiger partial charge on any atom is -0.469 e. The van der Waals surface area contributed by atoms with E-state index in [1.807, 2.05) is 0 Å². The van der Waals surface area contributed by atoms with Crippen molar-refractivity contribution in [3.05, 3.63) is 29.8 Å². The van der Waals surface area contributed by atoms with Crippen molar-refractivity contribution < 1.29 is 14.3 Å². The lowest BCUT2D eigenvalue weighted by atomic mass is 9.97. The lowest BCUT2D eigenvalue weighted by molar-refractivity contribution is -0.146. The van der Waals surface area contributed by atoms with Crippen molar-refractivity contribution in [2.45, 2.75) is 26.3 Å². The Balaban J connectivity index is 0.00000300. The molecule has 8 heteroatoms. The molecule has 0 spiro atoms. The van der Waals surface area contributed by atoms with Gasteiger partial charge in [-0.25, -0.2) is 4.99 Å². The van der Waals surface area contributed by atoms with Crippen LogP contribution in [0.15, 0.2) is 29.3 Å². The first kappa shape index (κ1) is 23.7. The summed E-state index contributed by atoms with van der Waals surface area (Å²) in [5.41, 5.74) is 2.43. The highest BCUT2D eigenvalue weighted by molar-refractivity contribution is 14.0. The predicted octanol–water partition coefficient (Wildman–Crippen LogP) is 2.49. The lowest BCUT2D eigenvalue weighted by Gasteiger charge is -2.33. The molecule has 2 aliphatic rings. The van der Waals surface area contributed by atoms with Crippen LogP contribution < -0.4 is 10.2 Å². The van der Waals surface area contributed by atoms with Gasteiger partial charge in [0.15, 0.2) is 5.96 Å². The quantitative estimate of drug-likeness (QED) is 0.281. The standard InChI is InChI=1S/C21H32N4O3.HI/c1-3-22-21(25-10-8-18(9-11-25)20(26)27-2)23-16-17-4-6-19(7-5-17)24-12-14-28-15-13-24;/h4-7,18H,3,8-16H2,1-2H3,(H,22,23);1H. The second kappa shape index (κ2) is 12.2. The zero-order chi connectivity index (χ0) is 19.8. The van der Waals surface area contributed by atoms with Gasteiger partial charge in [0.25, 0.3) is 0 Å². The third-order valence-corrected chi connectivity index (χ3v) is 5.39. The molecule has 0 amide bonds. The van der Waals surface area contributed by atoms with E-state index in [1.165, 1.54) is 18.4 Å². The molecular formula is C21H33IN4O3. The second-order valence-corrected chi connectivity index (χ2v) is 7.22. The highest BCUT2D eigenvalue weighted by Gasteiger charge is 2.26. The maximum atomic E-state index is 11.7. The van der Waals surface area contributed by atoms with Crippen molar-refractivity contribution >= 4 is 41.6 Å². The lowest BCUT2D eigenvalue weighted by Crippen LogP contribution is -2.46. The summed E-state index contributed by atoms with van der Waals surface area (Å²) >= 11 is 0. The molecule has 2 heterocycles. The summed E-state index contributed by atoms with van der Waals surface area (Å²) in [6.07, 6.45) is 1.62. The smallest absolute Gasteiger partial charge is 0.308 e. The molecule has 0 atom stereocenters. The number of halogens is 1. The molecule has 29 heavy (non-hydrogen) atoms. The Morgan fingerprint density at radius 3 is 2.41 bits per heavy atom. The van der Waals surface area contributed by atoms with Gasteiger partial charge in [-0.05, 0) is 37.5 Å². The van der Waals surface area contributed by atoms with Crippen LogP contribution in [0.3, 0.4) is 0 Å². The van der Waals surface area contributed by atoms with Gasteiger partial charge in [0, 0.05) is 38.4 Å². The number of aliphatic imine (C=N–C) groups is 1. The highest BCUT2D eigenvalue weighted by atomic mass is 127. The summed E-state index contributed by atoms with van der Waals surface area (Å²) in [4.78, 5) is 21.1. The largest absolute Gasteiger partial charge is 0.469 e. The number of ether oxygens (including phenoxy) is 2. The molecule has 1 aromatic carbocycles. The summed E-state index contributed by atoms with van der Waals surface area (Å²) < 4.78 is 10.3. The number of benzene rings is 1. The fraction of sp³-hybridized carbons (Fsp3) is 0.619. The number of carbonyl (C=O) groups excluding carboxylic acids is 1. The zero-order valence-electron chi connectivity index (χ0n) is 17.4. The van der Waals surface area contributed by atoms with E-state index in [9.17, 15) is 4.79 Å². The van der Waals surface area contributed by atoms with Crippen LogP contribution in [-0.4, -0.2) is 69.9 Å². The summed E-state index contributed by atoms with van der Waals surface area (Å²) in [6, 6.07) is 8.65. The van der Waals surface area contributed by atoms with E-state index < -0.39 is 0 Å². The Morgan fingerprint density at radius 2 is 1.83 bits per heavy atom. The maximum absolute atomic E-state index is 11.7. The minimum absolute atomic E-state index is 0. The Hall–Kier alpha value is -1.55. The SMILES string of the molecule is CCNC(=NCc1ccc(N2CCOCC2)cc1)N1CCC(C(=O)OC)CC1.I. The number of guanidine groups is 1. The fourth-order valence-corrected chi connectivity index (χ4v) is 3.72. The molecule has 0 aromatic heterocycles. The van der Waals surface area contributed by atoms with Crippen LogP contribution in [0.1, 0.15) is 25.3 Å². The third-order valence-electron chi connectivity index (χ3n) is 5.39. The molecule has 0 radical (unpaired) electrons. The first-order valence-electron chi connectivity index (χ1n) is 10.2. The van der Waals surface area contributed by atoms with Gasteiger partial charge >= 0.3 is 5.97 Å². The fourth-order valence-electron chi connectivity index (χ4n) is 3.72. The first-order chi connectivity index (χ1) is 13.7. The van der Waals surface area contributed by atoms with E-state index in [1.54, 1.807) is 0 Å². The number of piperidine rings is 1. The molecular weight excluding hydrogens is 483 g/mol. The van der Waals surface area contributed by atoms with E-state index in [2.05, 4.69) is 46.3 Å². The van der Waals surface area contributed by atoms with Crippen molar-refractivity contribution in [2.75, 3.05) is 57.9 Å². The van der Waals surface area contributed by atoms with Crippen LogP contribution >= 0.6 is 24.0 Å². The molecule has 7 nitrogen and oxygen atoms in total. The monoisotopic (exact) mass is 516 g/mol. The van der Waals surface area contributed by atoms with Gasteiger partial charge in [-0.1, -0.05) is 12.1 Å². The number of hydrogen-bond acceptors (Lipinski definition) is 5. The molecule has 162 valence electrons. The average Bonchev–Trinajstić information content (AvgIpc) is 2.77. The van der Waals surface area contributed by atoms with Crippen molar-refractivity contribution in [1.29, 1.82) is 0 Å². The van der Waals surface area contributed by atoms with E-state index >= 15 is 0 Å². The van der Waals surface area contributed by atoms with Crippen molar-refractivity contribution in [2.24, 2.45) is 10.9 Å². The second-order valence-electron chi connectivity index (χ2n) is 7.22. The molecule has 2 fully saturated rings. The Kier molecular flexibility index (Phi) is 9.99. The van der Waals surface area contributed by atoms with Gasteiger partial charge in [-0.3, -0.25) is 4.79 Å².